The topological polar surface area (TPSA) is 47.9 Å². The standard InChI is InChI=1S/C16H28O4/c1-18-15(4-2-5-15)12-14(17)13-3-8-20-16(11-13)6-9-19-10-7-16/h13-14,17H,2-12H2,1H3. The highest BCUT2D eigenvalue weighted by molar-refractivity contribution is 4.96. The molecule has 3 aliphatic rings. The number of aliphatic hydroxyl groups is 1. The molecule has 2 atom stereocenters. The summed E-state index contributed by atoms with van der Waals surface area (Å²) in [6.45, 7) is 2.37. The van der Waals surface area contributed by atoms with E-state index in [1.807, 2.05) is 0 Å². The van der Waals surface area contributed by atoms with Gasteiger partial charge >= 0.3 is 0 Å². The zero-order valence-electron chi connectivity index (χ0n) is 12.6. The summed E-state index contributed by atoms with van der Waals surface area (Å²) >= 11 is 0. The third-order valence-corrected chi connectivity index (χ3v) is 5.76. The van der Waals surface area contributed by atoms with Crippen LogP contribution in [0.3, 0.4) is 0 Å². The highest BCUT2D eigenvalue weighted by Crippen LogP contribution is 2.43. The Hall–Kier alpha value is -0.160. The van der Waals surface area contributed by atoms with Gasteiger partial charge in [0, 0.05) is 33.4 Å². The minimum atomic E-state index is -0.251. The normalized spacial score (nSPS) is 33.6. The quantitative estimate of drug-likeness (QED) is 0.860. The summed E-state index contributed by atoms with van der Waals surface area (Å²) in [7, 11) is 1.79. The Balaban J connectivity index is 1.58. The van der Waals surface area contributed by atoms with Gasteiger partial charge in [0.05, 0.1) is 17.3 Å². The summed E-state index contributed by atoms with van der Waals surface area (Å²) in [6, 6.07) is 0. The minimum Gasteiger partial charge on any atom is -0.393 e. The molecule has 3 rings (SSSR count). The van der Waals surface area contributed by atoms with E-state index in [2.05, 4.69) is 0 Å². The summed E-state index contributed by atoms with van der Waals surface area (Å²) in [5.41, 5.74) is -0.0669. The monoisotopic (exact) mass is 284 g/mol. The van der Waals surface area contributed by atoms with E-state index in [0.717, 1.165) is 64.8 Å². The van der Waals surface area contributed by atoms with Crippen LogP contribution in [0.25, 0.3) is 0 Å². The highest BCUT2D eigenvalue weighted by Gasteiger charge is 2.44. The third-order valence-electron chi connectivity index (χ3n) is 5.76. The molecule has 20 heavy (non-hydrogen) atoms. The van der Waals surface area contributed by atoms with Gasteiger partial charge in [0.2, 0.25) is 0 Å². The number of ether oxygens (including phenoxy) is 3. The Morgan fingerprint density at radius 3 is 2.55 bits per heavy atom. The molecular weight excluding hydrogens is 256 g/mol. The summed E-state index contributed by atoms with van der Waals surface area (Å²) in [4.78, 5) is 0. The molecule has 2 aliphatic heterocycles. The molecule has 0 aromatic rings. The molecule has 1 saturated carbocycles. The predicted molar refractivity (Wildman–Crippen MR) is 75.7 cm³/mol. The van der Waals surface area contributed by atoms with Gasteiger partial charge in [-0.1, -0.05) is 0 Å². The van der Waals surface area contributed by atoms with Gasteiger partial charge in [-0.25, -0.2) is 0 Å². The van der Waals surface area contributed by atoms with E-state index in [0.29, 0.717) is 5.92 Å². The molecule has 0 aromatic carbocycles. The van der Waals surface area contributed by atoms with E-state index in [-0.39, 0.29) is 17.3 Å². The highest BCUT2D eigenvalue weighted by atomic mass is 16.5. The molecule has 0 aromatic heterocycles. The fraction of sp³-hybridized carbons (Fsp3) is 1.00. The van der Waals surface area contributed by atoms with Crippen molar-refractivity contribution >= 4 is 0 Å². The lowest BCUT2D eigenvalue weighted by atomic mass is 9.71. The molecular formula is C16H28O4. The summed E-state index contributed by atoms with van der Waals surface area (Å²) in [5, 5.41) is 10.7. The second kappa shape index (κ2) is 5.91. The molecule has 3 fully saturated rings. The lowest BCUT2D eigenvalue weighted by Gasteiger charge is -2.47. The molecule has 1 spiro atoms. The number of hydrogen-bond acceptors (Lipinski definition) is 4. The van der Waals surface area contributed by atoms with Gasteiger partial charge in [-0.3, -0.25) is 0 Å². The Bertz CT molecular complexity index is 309. The molecule has 4 nitrogen and oxygen atoms in total. The van der Waals surface area contributed by atoms with Gasteiger partial charge in [-0.2, -0.15) is 0 Å². The number of rotatable bonds is 4. The van der Waals surface area contributed by atoms with Crippen LogP contribution >= 0.6 is 0 Å². The first-order valence-corrected chi connectivity index (χ1v) is 8.12. The van der Waals surface area contributed by atoms with Crippen LogP contribution in [0, 0.1) is 5.92 Å². The molecule has 0 amide bonds. The first-order chi connectivity index (χ1) is 9.67. The Kier molecular flexibility index (Phi) is 4.37. The Labute approximate surface area is 121 Å². The van der Waals surface area contributed by atoms with E-state index in [1.165, 1.54) is 6.42 Å². The van der Waals surface area contributed by atoms with E-state index in [1.54, 1.807) is 7.11 Å². The van der Waals surface area contributed by atoms with E-state index >= 15 is 0 Å². The largest absolute Gasteiger partial charge is 0.393 e. The third kappa shape index (κ3) is 2.89. The number of hydrogen-bond donors (Lipinski definition) is 1. The molecule has 116 valence electrons. The smallest absolute Gasteiger partial charge is 0.0730 e. The molecule has 0 bridgehead atoms. The lowest BCUT2D eigenvalue weighted by molar-refractivity contribution is -0.168. The molecule has 0 radical (unpaired) electrons. The van der Waals surface area contributed by atoms with Crippen molar-refractivity contribution in [3.05, 3.63) is 0 Å². The zero-order valence-corrected chi connectivity index (χ0v) is 12.6. The van der Waals surface area contributed by atoms with Crippen LogP contribution in [-0.4, -0.2) is 49.3 Å². The average Bonchev–Trinajstić information content (AvgIpc) is 2.43. The molecule has 1 N–H and O–H groups in total. The molecule has 4 heteroatoms. The first kappa shape index (κ1) is 14.8. The fourth-order valence-corrected chi connectivity index (χ4v) is 4.10. The summed E-state index contributed by atoms with van der Waals surface area (Å²) < 4.78 is 17.2. The van der Waals surface area contributed by atoms with Crippen molar-refractivity contribution in [1.29, 1.82) is 0 Å². The van der Waals surface area contributed by atoms with Gasteiger partial charge in [-0.15, -0.1) is 0 Å². The van der Waals surface area contributed by atoms with Crippen LogP contribution in [0.5, 0.6) is 0 Å². The van der Waals surface area contributed by atoms with E-state index in [9.17, 15) is 5.11 Å². The van der Waals surface area contributed by atoms with Gasteiger partial charge in [-0.05, 0) is 50.9 Å². The molecule has 1 aliphatic carbocycles. The number of methoxy groups -OCH3 is 1. The van der Waals surface area contributed by atoms with Crippen LogP contribution < -0.4 is 0 Å². The average molecular weight is 284 g/mol. The SMILES string of the molecule is COC1(CC(O)C2CCOC3(CCOCC3)C2)CCC1. The van der Waals surface area contributed by atoms with E-state index < -0.39 is 0 Å². The van der Waals surface area contributed by atoms with Crippen molar-refractivity contribution in [2.75, 3.05) is 26.9 Å². The lowest BCUT2D eigenvalue weighted by Crippen LogP contribution is -2.49. The summed E-state index contributed by atoms with van der Waals surface area (Å²) in [6.07, 6.45) is 7.89. The van der Waals surface area contributed by atoms with Crippen LogP contribution in [-0.2, 0) is 14.2 Å². The van der Waals surface area contributed by atoms with Crippen LogP contribution in [0.4, 0.5) is 0 Å². The molecule has 2 heterocycles. The van der Waals surface area contributed by atoms with Crippen molar-refractivity contribution in [2.45, 2.75) is 68.7 Å². The zero-order chi connectivity index (χ0) is 14.1. The van der Waals surface area contributed by atoms with Crippen LogP contribution in [0.1, 0.15) is 51.4 Å². The van der Waals surface area contributed by atoms with Crippen molar-refractivity contribution < 1.29 is 19.3 Å². The fourth-order valence-electron chi connectivity index (χ4n) is 4.10. The Morgan fingerprint density at radius 1 is 1.20 bits per heavy atom. The van der Waals surface area contributed by atoms with Crippen LogP contribution in [0.15, 0.2) is 0 Å². The van der Waals surface area contributed by atoms with Crippen LogP contribution in [0.2, 0.25) is 0 Å². The maximum Gasteiger partial charge on any atom is 0.0730 e. The predicted octanol–water partition coefficient (Wildman–Crippen LogP) is 2.28. The Morgan fingerprint density at radius 2 is 1.95 bits per heavy atom. The van der Waals surface area contributed by atoms with Gasteiger partial charge in [0.25, 0.3) is 0 Å². The maximum atomic E-state index is 10.7. The second-order valence-corrected chi connectivity index (χ2v) is 6.91. The minimum absolute atomic E-state index is 0.0258. The van der Waals surface area contributed by atoms with Crippen molar-refractivity contribution in [3.63, 3.8) is 0 Å². The van der Waals surface area contributed by atoms with Gasteiger partial charge in [0.1, 0.15) is 0 Å². The molecule has 2 unspecified atom stereocenters. The summed E-state index contributed by atoms with van der Waals surface area (Å²) in [5.74, 6) is 0.356. The van der Waals surface area contributed by atoms with Gasteiger partial charge < -0.3 is 19.3 Å². The second-order valence-electron chi connectivity index (χ2n) is 6.91. The van der Waals surface area contributed by atoms with Crippen molar-refractivity contribution in [3.8, 4) is 0 Å². The van der Waals surface area contributed by atoms with Gasteiger partial charge in [0.15, 0.2) is 0 Å². The number of aliphatic hydroxyl groups excluding tert-OH is 1. The first-order valence-electron chi connectivity index (χ1n) is 8.12. The maximum absolute atomic E-state index is 10.7. The van der Waals surface area contributed by atoms with Crippen molar-refractivity contribution in [2.24, 2.45) is 5.92 Å². The van der Waals surface area contributed by atoms with E-state index in [4.69, 9.17) is 14.2 Å². The molecule has 2 saturated heterocycles. The van der Waals surface area contributed by atoms with Crippen molar-refractivity contribution in [1.82, 2.24) is 0 Å².